The van der Waals surface area contributed by atoms with Crippen molar-refractivity contribution >= 4 is 17.7 Å². The summed E-state index contributed by atoms with van der Waals surface area (Å²) in [5, 5.41) is 0. The second kappa shape index (κ2) is 22.6. The molecule has 0 unspecified atom stereocenters. The molecule has 4 heterocycles. The summed E-state index contributed by atoms with van der Waals surface area (Å²) in [6.45, 7) is 14.7. The maximum Gasteiger partial charge on any atom is 0.330 e. The summed E-state index contributed by atoms with van der Waals surface area (Å²) < 4.78 is 61.6. The van der Waals surface area contributed by atoms with Gasteiger partial charge in [-0.1, -0.05) is 92.8 Å². The zero-order chi connectivity index (χ0) is 45.9. The number of carbonyl (C=O) groups is 3. The second-order valence-electron chi connectivity index (χ2n) is 17.9. The Morgan fingerprint density at radius 3 is 2.17 bits per heavy atom. The van der Waals surface area contributed by atoms with Gasteiger partial charge < -0.3 is 47.4 Å². The van der Waals surface area contributed by atoms with Gasteiger partial charge in [0, 0.05) is 49.9 Å². The van der Waals surface area contributed by atoms with Crippen molar-refractivity contribution in [1.29, 1.82) is 0 Å². The molecule has 3 saturated heterocycles. The van der Waals surface area contributed by atoms with E-state index >= 15 is 0 Å². The number of hydrogen-bond donors (Lipinski definition) is 0. The Morgan fingerprint density at radius 1 is 0.812 bits per heavy atom. The largest absolute Gasteiger partial charge is 0.497 e. The van der Waals surface area contributed by atoms with Gasteiger partial charge in [-0.2, -0.15) is 0 Å². The fourth-order valence-electron chi connectivity index (χ4n) is 9.03. The quantitative estimate of drug-likeness (QED) is 0.0665. The van der Waals surface area contributed by atoms with E-state index in [1.54, 1.807) is 14.0 Å². The van der Waals surface area contributed by atoms with Crippen LogP contribution < -0.4 is 4.74 Å². The van der Waals surface area contributed by atoms with Crippen LogP contribution in [0, 0.1) is 5.41 Å². The number of carbonyl (C=O) groups excluding carboxylic acids is 3. The highest BCUT2D eigenvalue weighted by molar-refractivity contribution is 6.06. The molecule has 4 aliphatic heterocycles. The summed E-state index contributed by atoms with van der Waals surface area (Å²) in [7, 11) is 4.27. The average molecular weight is 887 g/mol. The van der Waals surface area contributed by atoms with Gasteiger partial charge >= 0.3 is 11.9 Å². The van der Waals surface area contributed by atoms with E-state index in [0.29, 0.717) is 45.1 Å². The van der Waals surface area contributed by atoms with Crippen molar-refractivity contribution in [3.63, 3.8) is 0 Å². The van der Waals surface area contributed by atoms with E-state index in [2.05, 4.69) is 13.2 Å². The van der Waals surface area contributed by atoms with Crippen LogP contribution in [-0.2, 0) is 70.2 Å². The second-order valence-corrected chi connectivity index (χ2v) is 17.9. The number of rotatable bonds is 12. The first-order chi connectivity index (χ1) is 30.7. The van der Waals surface area contributed by atoms with Gasteiger partial charge in [0.05, 0.1) is 76.6 Å². The van der Waals surface area contributed by atoms with Crippen molar-refractivity contribution in [3.8, 4) is 5.75 Å². The number of methoxy groups -OCH3 is 3. The standard InChI is InChI=1S/C51H66O13/c1-33-20-40-18-19-50(4,5)51(57-8)49(54)38(25-47(52)56-7)24-45(64-51)28-46(35(3)60-32-58-30-36-12-10-9-11-13-36)63-48(53)29-41(59-31-37-14-16-39(55-6)17-15-37)26-42-22-34(2)23-44(62-42)27-43(21-33)61-40/h9-19,25,35,40-46H,1-2,20-24,26-32H2,3-8H3/b19-18+,38-25+/t35-,40+,41-,42+,43+,44-,45+,46-,51-/m1/s1. The van der Waals surface area contributed by atoms with Gasteiger partial charge in [-0.15, -0.1) is 0 Å². The summed E-state index contributed by atoms with van der Waals surface area (Å²) in [6, 6.07) is 17.3. The molecule has 4 aliphatic rings. The third kappa shape index (κ3) is 13.1. The van der Waals surface area contributed by atoms with Crippen LogP contribution in [0.5, 0.6) is 5.75 Å². The van der Waals surface area contributed by atoms with Gasteiger partial charge in [0.2, 0.25) is 11.6 Å². The van der Waals surface area contributed by atoms with Crippen molar-refractivity contribution in [2.24, 2.45) is 5.41 Å². The van der Waals surface area contributed by atoms with Crippen LogP contribution in [0.1, 0.15) is 89.7 Å². The van der Waals surface area contributed by atoms with E-state index in [1.165, 1.54) is 20.3 Å². The van der Waals surface area contributed by atoms with Crippen molar-refractivity contribution in [1.82, 2.24) is 0 Å². The SMILES string of the molecule is C=C1C[C@@H]2C[C@@H]3CC(=C)C[C@H](/C=C/C(C)(C)[C@]4(OC)O[C@@H](C/C(=C\C(=O)OC)C4=O)C[C@H]([C@@H](C)OCOCc4ccccc4)OC(=O)C[C@H](OCc4ccc(OC)cc4)C[C@H](C1)O2)O3. The molecule has 2 aromatic carbocycles. The number of esters is 2. The molecule has 0 aliphatic carbocycles. The van der Waals surface area contributed by atoms with Crippen LogP contribution in [-0.4, -0.2) is 100 Å². The van der Waals surface area contributed by atoms with E-state index in [9.17, 15) is 14.4 Å². The Labute approximate surface area is 378 Å². The molecular weight excluding hydrogens is 821 g/mol. The molecule has 0 spiro atoms. The third-order valence-corrected chi connectivity index (χ3v) is 12.4. The van der Waals surface area contributed by atoms with E-state index in [1.807, 2.05) is 80.6 Å². The zero-order valence-corrected chi connectivity index (χ0v) is 38.3. The van der Waals surface area contributed by atoms with Crippen LogP contribution in [0.15, 0.2) is 103 Å². The van der Waals surface area contributed by atoms with E-state index in [-0.39, 0.29) is 62.7 Å². The predicted molar refractivity (Wildman–Crippen MR) is 238 cm³/mol. The van der Waals surface area contributed by atoms with Crippen LogP contribution in [0.3, 0.4) is 0 Å². The molecular formula is C51H66O13. The van der Waals surface area contributed by atoms with Crippen molar-refractivity contribution in [2.75, 3.05) is 28.1 Å². The Morgan fingerprint density at radius 2 is 1.48 bits per heavy atom. The molecule has 3 fully saturated rings. The van der Waals surface area contributed by atoms with E-state index < -0.39 is 53.3 Å². The highest BCUT2D eigenvalue weighted by atomic mass is 16.7. The minimum absolute atomic E-state index is 0.00895. The van der Waals surface area contributed by atoms with Crippen LogP contribution in [0.25, 0.3) is 0 Å². The van der Waals surface area contributed by atoms with Gasteiger partial charge in [-0.3, -0.25) is 9.59 Å². The summed E-state index contributed by atoms with van der Waals surface area (Å²) in [5.74, 6) is -2.92. The highest BCUT2D eigenvalue weighted by Crippen LogP contribution is 2.46. The molecule has 6 bridgehead atoms. The summed E-state index contributed by atoms with van der Waals surface area (Å²) in [4.78, 5) is 41.6. The number of Topliss-reactive ketones (excluding diaryl/α,β-unsaturated/α-hetero) is 1. The number of cyclic esters (lactones) is 1. The average Bonchev–Trinajstić information content (AvgIpc) is 3.26. The van der Waals surface area contributed by atoms with Crippen molar-refractivity contribution in [3.05, 3.63) is 114 Å². The lowest BCUT2D eigenvalue weighted by Gasteiger charge is -2.48. The molecule has 9 atom stereocenters. The molecule has 0 aromatic heterocycles. The summed E-state index contributed by atoms with van der Waals surface area (Å²) in [6.07, 6.45) is 4.66. The first-order valence-electron chi connectivity index (χ1n) is 22.3. The molecule has 0 radical (unpaired) electrons. The number of hydrogen-bond acceptors (Lipinski definition) is 13. The van der Waals surface area contributed by atoms with Crippen LogP contribution in [0.4, 0.5) is 0 Å². The first-order valence-corrected chi connectivity index (χ1v) is 22.3. The van der Waals surface area contributed by atoms with Gasteiger partial charge in [0.25, 0.3) is 0 Å². The minimum atomic E-state index is -1.90. The molecule has 348 valence electrons. The fraction of sp³-hybridized carbons (Fsp3) is 0.549. The highest BCUT2D eigenvalue weighted by Gasteiger charge is 2.57. The first kappa shape index (κ1) is 49.0. The maximum absolute atomic E-state index is 14.6. The van der Waals surface area contributed by atoms with Gasteiger partial charge in [-0.25, -0.2) is 4.79 Å². The molecule has 13 heteroatoms. The summed E-state index contributed by atoms with van der Waals surface area (Å²) in [5.41, 5.74) is 3.03. The number of benzene rings is 2. The molecule has 0 amide bonds. The predicted octanol–water partition coefficient (Wildman–Crippen LogP) is 8.24. The molecule has 0 saturated carbocycles. The lowest BCUT2D eigenvalue weighted by molar-refractivity contribution is -0.280. The topological polar surface area (TPSA) is 144 Å². The lowest BCUT2D eigenvalue weighted by Crippen LogP contribution is -2.60. The minimum Gasteiger partial charge on any atom is -0.497 e. The van der Waals surface area contributed by atoms with Crippen LogP contribution >= 0.6 is 0 Å². The van der Waals surface area contributed by atoms with E-state index in [0.717, 1.165) is 28.0 Å². The molecule has 0 N–H and O–H groups in total. The Kier molecular flexibility index (Phi) is 17.3. The van der Waals surface area contributed by atoms with Crippen molar-refractivity contribution < 1.29 is 61.8 Å². The Bertz CT molecular complexity index is 1970. The number of fused-ring (bicyclic) bond motifs is 6. The Hall–Kier alpha value is -4.47. The van der Waals surface area contributed by atoms with Crippen LogP contribution in [0.2, 0.25) is 0 Å². The summed E-state index contributed by atoms with van der Waals surface area (Å²) >= 11 is 0. The molecule has 13 nitrogen and oxygen atoms in total. The van der Waals surface area contributed by atoms with Gasteiger partial charge in [-0.05, 0) is 55.9 Å². The molecule has 2 aromatic rings. The monoisotopic (exact) mass is 886 g/mol. The smallest absolute Gasteiger partial charge is 0.330 e. The normalized spacial score (nSPS) is 30.8. The molecule has 64 heavy (non-hydrogen) atoms. The third-order valence-electron chi connectivity index (χ3n) is 12.4. The zero-order valence-electron chi connectivity index (χ0n) is 38.3. The fourth-order valence-corrected chi connectivity index (χ4v) is 9.03. The van der Waals surface area contributed by atoms with Gasteiger partial charge in [0.15, 0.2) is 0 Å². The maximum atomic E-state index is 14.6. The van der Waals surface area contributed by atoms with Crippen molar-refractivity contribution in [2.45, 2.75) is 146 Å². The number of ketones is 1. The lowest BCUT2D eigenvalue weighted by atomic mass is 9.74. The molecule has 6 rings (SSSR count). The number of ether oxygens (including phenoxy) is 10. The van der Waals surface area contributed by atoms with E-state index in [4.69, 9.17) is 47.4 Å². The Balaban J connectivity index is 1.34. The van der Waals surface area contributed by atoms with Gasteiger partial charge in [0.1, 0.15) is 18.6 Å².